The van der Waals surface area contributed by atoms with Crippen LogP contribution in [0.4, 0.5) is 4.39 Å². The van der Waals surface area contributed by atoms with Crippen molar-refractivity contribution < 1.29 is 19.1 Å². The molecule has 184 valence electrons. The average Bonchev–Trinajstić information content (AvgIpc) is 3.70. The van der Waals surface area contributed by atoms with E-state index in [0.29, 0.717) is 18.8 Å². The van der Waals surface area contributed by atoms with Crippen LogP contribution in [0.1, 0.15) is 43.8 Å². The summed E-state index contributed by atoms with van der Waals surface area (Å²) in [7, 11) is 0. The van der Waals surface area contributed by atoms with Crippen molar-refractivity contribution in [3.05, 3.63) is 58.3 Å². The highest BCUT2D eigenvalue weighted by molar-refractivity contribution is 5.86. The van der Waals surface area contributed by atoms with Crippen molar-refractivity contribution in [1.29, 1.82) is 0 Å². The van der Waals surface area contributed by atoms with E-state index in [1.165, 1.54) is 6.07 Å². The molecule has 2 amide bonds. The molecule has 3 aliphatic heterocycles. The lowest BCUT2D eigenvalue weighted by atomic mass is 9.85. The summed E-state index contributed by atoms with van der Waals surface area (Å²) in [6.45, 7) is 1.32. The summed E-state index contributed by atoms with van der Waals surface area (Å²) >= 11 is 0. The first kappa shape index (κ1) is 22.5. The van der Waals surface area contributed by atoms with Crippen LogP contribution in [0.2, 0.25) is 0 Å². The molecular weight excluding hydrogens is 449 g/mol. The molecule has 1 aliphatic carbocycles. The molecule has 6 rings (SSSR count). The predicted molar refractivity (Wildman–Crippen MR) is 127 cm³/mol. The van der Waals surface area contributed by atoms with Crippen LogP contribution in [0.3, 0.4) is 0 Å². The zero-order chi connectivity index (χ0) is 24.3. The van der Waals surface area contributed by atoms with E-state index in [1.807, 2.05) is 9.80 Å². The summed E-state index contributed by atoms with van der Waals surface area (Å²) in [6, 6.07) is 8.52. The summed E-state index contributed by atoms with van der Waals surface area (Å²) < 4.78 is 16.1. The normalized spacial score (nSPS) is 27.6. The molecule has 4 heterocycles. The number of halogens is 1. The van der Waals surface area contributed by atoms with Gasteiger partial charge in [0, 0.05) is 49.3 Å². The molecule has 2 aromatic rings. The van der Waals surface area contributed by atoms with Crippen molar-refractivity contribution in [2.75, 3.05) is 19.7 Å². The molecule has 3 fully saturated rings. The largest absolute Gasteiger partial charge is 0.396 e. The van der Waals surface area contributed by atoms with Gasteiger partial charge in [-0.2, -0.15) is 0 Å². The fraction of sp³-hybridized carbons (Fsp3) is 0.519. The van der Waals surface area contributed by atoms with Gasteiger partial charge in [0.05, 0.1) is 23.6 Å². The number of amides is 2. The number of hydrogen-bond acceptors (Lipinski definition) is 4. The zero-order valence-electron chi connectivity index (χ0n) is 19.6. The van der Waals surface area contributed by atoms with Crippen molar-refractivity contribution in [3.8, 4) is 11.1 Å². The monoisotopic (exact) mass is 479 g/mol. The van der Waals surface area contributed by atoms with E-state index < -0.39 is 29.7 Å². The minimum atomic E-state index is -0.601. The Morgan fingerprint density at radius 3 is 2.40 bits per heavy atom. The number of rotatable bonds is 4. The van der Waals surface area contributed by atoms with Crippen LogP contribution < -0.4 is 5.56 Å². The number of carbonyl (C=O) groups is 2. The van der Waals surface area contributed by atoms with Crippen LogP contribution in [-0.4, -0.2) is 57.0 Å². The molecule has 0 unspecified atom stereocenters. The van der Waals surface area contributed by atoms with Gasteiger partial charge in [0.15, 0.2) is 0 Å². The summed E-state index contributed by atoms with van der Waals surface area (Å²) in [5.41, 5.74) is 0.763. The molecule has 35 heavy (non-hydrogen) atoms. The number of hydrogen-bond donors (Lipinski definition) is 1. The van der Waals surface area contributed by atoms with Gasteiger partial charge >= 0.3 is 0 Å². The van der Waals surface area contributed by atoms with E-state index in [0.717, 1.165) is 32.1 Å². The van der Waals surface area contributed by atoms with E-state index >= 15 is 0 Å². The van der Waals surface area contributed by atoms with E-state index in [2.05, 4.69) is 0 Å². The fourth-order valence-electron chi connectivity index (χ4n) is 6.44. The molecule has 1 saturated carbocycles. The Morgan fingerprint density at radius 1 is 0.971 bits per heavy atom. The van der Waals surface area contributed by atoms with E-state index in [1.54, 1.807) is 34.9 Å². The van der Waals surface area contributed by atoms with Gasteiger partial charge in [-0.25, -0.2) is 4.39 Å². The third-order valence-electron chi connectivity index (χ3n) is 8.34. The standard InChI is InChI=1S/C27H30FN3O4/c28-20-7-3-2-6-17(20)18-10-11-21-24-23(27(35)29-12-4-1-5-13-29)19(15-32)22(14-30(21)26(18)34)31(24)25(33)16-8-9-16/h2-3,6-7,10-11,16,19,22-24,32H,1,4-5,8-9,12-15H2/t19-,22-,23+,24+/m0/s1. The third-order valence-corrected chi connectivity index (χ3v) is 8.34. The number of fused-ring (bicyclic) bond motifs is 4. The van der Waals surface area contributed by atoms with E-state index in [4.69, 9.17) is 0 Å². The Hall–Kier alpha value is -3.00. The predicted octanol–water partition coefficient (Wildman–Crippen LogP) is 2.57. The maximum Gasteiger partial charge on any atom is 0.258 e. The number of aromatic nitrogens is 1. The molecule has 4 atom stereocenters. The second kappa shape index (κ2) is 8.59. The van der Waals surface area contributed by atoms with Crippen molar-refractivity contribution in [2.24, 2.45) is 17.8 Å². The summed E-state index contributed by atoms with van der Waals surface area (Å²) in [6.07, 6.45) is 4.66. The van der Waals surface area contributed by atoms with Gasteiger partial charge in [0.1, 0.15) is 5.82 Å². The van der Waals surface area contributed by atoms with Crippen molar-refractivity contribution in [2.45, 2.75) is 50.7 Å². The summed E-state index contributed by atoms with van der Waals surface area (Å²) in [5, 5.41) is 10.5. The summed E-state index contributed by atoms with van der Waals surface area (Å²) in [4.78, 5) is 44.6. The smallest absolute Gasteiger partial charge is 0.258 e. The average molecular weight is 480 g/mol. The SMILES string of the molecule is O=C([C@@H]1[C@@H](CO)[C@@H]2Cn3c(ccc(-c4ccccc4F)c3=O)[C@H]1N2C(=O)C1CC1)N1CCCCC1. The lowest BCUT2D eigenvalue weighted by Gasteiger charge is -2.39. The Kier molecular flexibility index (Phi) is 5.51. The zero-order valence-corrected chi connectivity index (χ0v) is 19.6. The molecule has 0 spiro atoms. The second-order valence-electron chi connectivity index (χ2n) is 10.4. The molecule has 7 nitrogen and oxygen atoms in total. The molecule has 2 saturated heterocycles. The van der Waals surface area contributed by atoms with Gasteiger partial charge in [-0.15, -0.1) is 0 Å². The Morgan fingerprint density at radius 2 is 1.71 bits per heavy atom. The highest BCUT2D eigenvalue weighted by Crippen LogP contribution is 2.51. The van der Waals surface area contributed by atoms with Crippen molar-refractivity contribution >= 4 is 11.8 Å². The van der Waals surface area contributed by atoms with Gasteiger partial charge < -0.3 is 19.5 Å². The van der Waals surface area contributed by atoms with Gasteiger partial charge in [-0.05, 0) is 50.3 Å². The van der Waals surface area contributed by atoms with Gasteiger partial charge in [-0.3, -0.25) is 14.4 Å². The lowest BCUT2D eigenvalue weighted by molar-refractivity contribution is -0.141. The van der Waals surface area contributed by atoms with Crippen molar-refractivity contribution in [1.82, 2.24) is 14.4 Å². The molecule has 8 heteroatoms. The molecule has 1 aromatic carbocycles. The Labute approximate surface area is 203 Å². The molecule has 0 radical (unpaired) electrons. The molecule has 1 aromatic heterocycles. The van der Waals surface area contributed by atoms with Crippen LogP contribution in [-0.2, 0) is 16.1 Å². The Balaban J connectivity index is 1.47. The molecular formula is C27H30FN3O4. The fourth-order valence-corrected chi connectivity index (χ4v) is 6.44. The van der Waals surface area contributed by atoms with Gasteiger partial charge in [0.2, 0.25) is 11.8 Å². The Bertz CT molecular complexity index is 1230. The minimum absolute atomic E-state index is 0.0178. The number of benzene rings is 1. The van der Waals surface area contributed by atoms with Crippen LogP contribution in [0.15, 0.2) is 41.2 Å². The number of aliphatic hydroxyl groups is 1. The molecule has 2 bridgehead atoms. The number of nitrogens with zero attached hydrogens (tertiary/aromatic N) is 3. The van der Waals surface area contributed by atoms with Gasteiger partial charge in [0.25, 0.3) is 5.56 Å². The third kappa shape index (κ3) is 3.53. The lowest BCUT2D eigenvalue weighted by Crippen LogP contribution is -2.50. The number of likely N-dealkylation sites (tertiary alicyclic amines) is 1. The van der Waals surface area contributed by atoms with Gasteiger partial charge in [-0.1, -0.05) is 18.2 Å². The number of aliphatic hydroxyl groups excluding tert-OH is 1. The maximum absolute atomic E-state index is 14.5. The van der Waals surface area contributed by atoms with Crippen LogP contribution in [0.25, 0.3) is 11.1 Å². The topological polar surface area (TPSA) is 82.8 Å². The summed E-state index contributed by atoms with van der Waals surface area (Å²) in [5.74, 6) is -1.58. The van der Waals surface area contributed by atoms with Crippen LogP contribution in [0, 0.1) is 23.6 Å². The highest BCUT2D eigenvalue weighted by Gasteiger charge is 2.59. The first-order valence-electron chi connectivity index (χ1n) is 12.7. The number of piperidine rings is 1. The van der Waals surface area contributed by atoms with Crippen LogP contribution >= 0.6 is 0 Å². The minimum Gasteiger partial charge on any atom is -0.396 e. The second-order valence-corrected chi connectivity index (χ2v) is 10.4. The first-order valence-corrected chi connectivity index (χ1v) is 12.7. The molecule has 4 aliphatic rings. The van der Waals surface area contributed by atoms with E-state index in [-0.39, 0.29) is 47.6 Å². The maximum atomic E-state index is 14.5. The number of carbonyl (C=O) groups excluding carboxylic acids is 2. The quantitative estimate of drug-likeness (QED) is 0.731. The highest BCUT2D eigenvalue weighted by atomic mass is 19.1. The van der Waals surface area contributed by atoms with Crippen molar-refractivity contribution in [3.63, 3.8) is 0 Å². The van der Waals surface area contributed by atoms with E-state index in [9.17, 15) is 23.9 Å². The number of pyridine rings is 1. The van der Waals surface area contributed by atoms with Crippen LogP contribution in [0.5, 0.6) is 0 Å². The molecule has 1 N–H and O–H groups in total. The first-order chi connectivity index (χ1) is 17.0.